The van der Waals surface area contributed by atoms with Crippen molar-refractivity contribution in [3.63, 3.8) is 0 Å². The van der Waals surface area contributed by atoms with Crippen LogP contribution in [0.3, 0.4) is 0 Å². The molecule has 0 saturated heterocycles. The molecular formula is C14H22ClN3O2Si. The van der Waals surface area contributed by atoms with Gasteiger partial charge in [0.2, 0.25) is 11.2 Å². The van der Waals surface area contributed by atoms with Gasteiger partial charge in [-0.15, -0.1) is 0 Å². The normalized spacial score (nSPS) is 17.2. The molecule has 0 saturated carbocycles. The number of rotatable bonds is 5. The molecule has 0 aliphatic carbocycles. The van der Waals surface area contributed by atoms with E-state index in [0.29, 0.717) is 12.4 Å². The Hall–Kier alpha value is -0.983. The fraction of sp³-hybridized carbons (Fsp3) is 0.643. The largest absolute Gasteiger partial charge is 0.361 e. The molecule has 0 unspecified atom stereocenters. The van der Waals surface area contributed by atoms with Gasteiger partial charge in [-0.1, -0.05) is 19.6 Å². The number of aromatic nitrogens is 2. The molecule has 21 heavy (non-hydrogen) atoms. The van der Waals surface area contributed by atoms with E-state index in [1.165, 1.54) is 0 Å². The van der Waals surface area contributed by atoms with Crippen LogP contribution in [0.2, 0.25) is 31.0 Å². The Morgan fingerprint density at radius 1 is 1.38 bits per heavy atom. The zero-order valence-corrected chi connectivity index (χ0v) is 15.0. The molecule has 1 amide bonds. The maximum Gasteiger partial charge on any atom is 0.240 e. The maximum absolute atomic E-state index is 12.5. The lowest BCUT2D eigenvalue weighted by Gasteiger charge is -2.21. The zero-order valence-electron chi connectivity index (χ0n) is 13.2. The first-order chi connectivity index (χ1) is 9.63. The Morgan fingerprint density at radius 3 is 2.67 bits per heavy atom. The maximum atomic E-state index is 12.5. The number of amides is 1. The Balaban J connectivity index is 2.11. The van der Waals surface area contributed by atoms with Crippen LogP contribution in [-0.2, 0) is 14.9 Å². The topological polar surface area (TPSA) is 55.3 Å². The second-order valence-electron chi connectivity index (χ2n) is 7.08. The van der Waals surface area contributed by atoms with Crippen LogP contribution in [-0.4, -0.2) is 37.3 Å². The van der Waals surface area contributed by atoms with Crippen molar-refractivity contribution < 1.29 is 9.53 Å². The molecule has 1 aliphatic heterocycles. The minimum Gasteiger partial charge on any atom is -0.361 e. The third-order valence-electron chi connectivity index (χ3n) is 3.66. The molecule has 0 N–H and O–H groups in total. The Kier molecular flexibility index (Phi) is 4.42. The van der Waals surface area contributed by atoms with E-state index in [9.17, 15) is 4.79 Å². The Morgan fingerprint density at radius 2 is 2.05 bits per heavy atom. The molecule has 0 spiro atoms. The predicted molar refractivity (Wildman–Crippen MR) is 86.5 cm³/mol. The molecule has 1 aromatic rings. The van der Waals surface area contributed by atoms with Crippen molar-refractivity contribution in [1.29, 1.82) is 0 Å². The second kappa shape index (κ2) is 5.66. The van der Waals surface area contributed by atoms with Crippen molar-refractivity contribution in [1.82, 2.24) is 9.97 Å². The van der Waals surface area contributed by atoms with E-state index >= 15 is 0 Å². The summed E-state index contributed by atoms with van der Waals surface area (Å²) in [5.41, 5.74) is 0.160. The molecule has 0 radical (unpaired) electrons. The van der Waals surface area contributed by atoms with Gasteiger partial charge < -0.3 is 4.74 Å². The summed E-state index contributed by atoms with van der Waals surface area (Å²) in [6.45, 7) is 11.5. The number of anilines is 1. The summed E-state index contributed by atoms with van der Waals surface area (Å²) in [6.07, 6.45) is 1.63. The Labute approximate surface area is 131 Å². The van der Waals surface area contributed by atoms with Crippen LogP contribution in [0.4, 0.5) is 5.82 Å². The summed E-state index contributed by atoms with van der Waals surface area (Å²) in [5.74, 6) is 0.542. The highest BCUT2D eigenvalue weighted by atomic mass is 35.5. The van der Waals surface area contributed by atoms with Gasteiger partial charge in [-0.2, -0.15) is 4.98 Å². The van der Waals surface area contributed by atoms with Crippen molar-refractivity contribution in [2.75, 3.05) is 18.2 Å². The highest BCUT2D eigenvalue weighted by Crippen LogP contribution is 2.39. The highest BCUT2D eigenvalue weighted by Gasteiger charge is 2.45. The minimum atomic E-state index is -1.14. The molecular weight excluding hydrogens is 306 g/mol. The van der Waals surface area contributed by atoms with E-state index in [4.69, 9.17) is 16.3 Å². The van der Waals surface area contributed by atoms with Crippen molar-refractivity contribution in [2.45, 2.75) is 44.9 Å². The van der Waals surface area contributed by atoms with Crippen LogP contribution in [0, 0.1) is 0 Å². The van der Waals surface area contributed by atoms with Gasteiger partial charge in [0, 0.05) is 26.4 Å². The first-order valence-electron chi connectivity index (χ1n) is 7.06. The summed E-state index contributed by atoms with van der Waals surface area (Å²) >= 11 is 5.86. The summed E-state index contributed by atoms with van der Waals surface area (Å²) in [6, 6.07) is 1.07. The van der Waals surface area contributed by atoms with E-state index in [0.717, 1.165) is 11.6 Å². The monoisotopic (exact) mass is 327 g/mol. The number of ether oxygens (including phenoxy) is 1. The van der Waals surface area contributed by atoms with Gasteiger partial charge in [0.15, 0.2) is 0 Å². The van der Waals surface area contributed by atoms with Crippen LogP contribution < -0.4 is 4.90 Å². The average Bonchev–Trinajstić information content (AvgIpc) is 2.53. The van der Waals surface area contributed by atoms with E-state index < -0.39 is 13.5 Å². The van der Waals surface area contributed by atoms with Crippen LogP contribution in [0.25, 0.3) is 0 Å². The first kappa shape index (κ1) is 16.4. The average molecular weight is 328 g/mol. The highest BCUT2D eigenvalue weighted by molar-refractivity contribution is 6.76. The molecule has 1 aromatic heterocycles. The van der Waals surface area contributed by atoms with Gasteiger partial charge in [-0.05, 0) is 31.5 Å². The number of halogens is 1. The van der Waals surface area contributed by atoms with E-state index in [2.05, 4.69) is 29.6 Å². The number of hydrogen-bond acceptors (Lipinski definition) is 4. The molecule has 7 heteroatoms. The smallest absolute Gasteiger partial charge is 0.240 e. The van der Waals surface area contributed by atoms with Crippen LogP contribution in [0.1, 0.15) is 19.4 Å². The zero-order chi connectivity index (χ0) is 15.8. The van der Waals surface area contributed by atoms with E-state index in [1.807, 2.05) is 13.8 Å². The molecule has 2 rings (SSSR count). The Bertz CT molecular complexity index is 558. The van der Waals surface area contributed by atoms with Crippen LogP contribution in [0.15, 0.2) is 6.20 Å². The van der Waals surface area contributed by atoms with Gasteiger partial charge in [-0.3, -0.25) is 9.69 Å². The number of fused-ring (bicyclic) bond motifs is 1. The van der Waals surface area contributed by atoms with Gasteiger partial charge in [0.05, 0.1) is 5.41 Å². The van der Waals surface area contributed by atoms with Crippen molar-refractivity contribution in [3.8, 4) is 0 Å². The first-order valence-corrected chi connectivity index (χ1v) is 11.1. The summed E-state index contributed by atoms with van der Waals surface area (Å²) in [4.78, 5) is 22.3. The summed E-state index contributed by atoms with van der Waals surface area (Å²) in [5, 5.41) is 0.145. The summed E-state index contributed by atoms with van der Waals surface area (Å²) in [7, 11) is -1.14. The van der Waals surface area contributed by atoms with Crippen molar-refractivity contribution >= 4 is 31.4 Å². The van der Waals surface area contributed by atoms with Gasteiger partial charge >= 0.3 is 0 Å². The fourth-order valence-electron chi connectivity index (χ4n) is 2.20. The number of nitrogens with zero attached hydrogens (tertiary/aromatic N) is 3. The standard InChI is InChI=1S/C14H22ClN3O2Si/c1-14(2)10-8-16-13(15)17-11(10)18(12(14)19)9-20-6-7-21(3,4)5/h8H,6-7,9H2,1-5H3. The number of hydrogen-bond donors (Lipinski definition) is 0. The third kappa shape index (κ3) is 3.44. The molecule has 0 bridgehead atoms. The molecule has 0 atom stereocenters. The fourth-order valence-corrected chi connectivity index (χ4v) is 3.09. The van der Waals surface area contributed by atoms with Crippen molar-refractivity contribution in [3.05, 3.63) is 17.0 Å². The van der Waals surface area contributed by atoms with E-state index in [-0.39, 0.29) is 17.9 Å². The van der Waals surface area contributed by atoms with Crippen LogP contribution >= 0.6 is 11.6 Å². The van der Waals surface area contributed by atoms with Crippen molar-refractivity contribution in [2.24, 2.45) is 0 Å². The lowest BCUT2D eigenvalue weighted by atomic mass is 9.88. The summed E-state index contributed by atoms with van der Waals surface area (Å²) < 4.78 is 5.69. The SMILES string of the molecule is CC1(C)C(=O)N(COCC[Si](C)(C)C)c2nc(Cl)ncc21. The third-order valence-corrected chi connectivity index (χ3v) is 5.55. The molecule has 0 fully saturated rings. The lowest BCUT2D eigenvalue weighted by Crippen LogP contribution is -2.38. The predicted octanol–water partition coefficient (Wildman–Crippen LogP) is 3.07. The van der Waals surface area contributed by atoms with E-state index in [1.54, 1.807) is 11.1 Å². The second-order valence-corrected chi connectivity index (χ2v) is 13.0. The lowest BCUT2D eigenvalue weighted by molar-refractivity contribution is -0.123. The molecule has 116 valence electrons. The number of carbonyl (C=O) groups excluding carboxylic acids is 1. The molecule has 1 aliphatic rings. The van der Waals surface area contributed by atoms with Gasteiger partial charge in [-0.25, -0.2) is 4.98 Å². The number of carbonyl (C=O) groups is 1. The van der Waals surface area contributed by atoms with Gasteiger partial charge in [0.1, 0.15) is 12.5 Å². The molecule has 5 nitrogen and oxygen atoms in total. The quantitative estimate of drug-likeness (QED) is 0.474. The van der Waals surface area contributed by atoms with Gasteiger partial charge in [0.25, 0.3) is 0 Å². The minimum absolute atomic E-state index is 0.0259. The molecule has 0 aromatic carbocycles. The molecule has 2 heterocycles. The van der Waals surface area contributed by atoms with Crippen LogP contribution in [0.5, 0.6) is 0 Å².